The zero-order valence-corrected chi connectivity index (χ0v) is 11.2. The van der Waals surface area contributed by atoms with E-state index in [1.807, 2.05) is 0 Å². The van der Waals surface area contributed by atoms with Gasteiger partial charge in [0.25, 0.3) is 5.91 Å². The highest BCUT2D eigenvalue weighted by molar-refractivity contribution is 6.29. The Balaban J connectivity index is 1.99. The fourth-order valence-electron chi connectivity index (χ4n) is 2.09. The van der Waals surface area contributed by atoms with E-state index in [-0.39, 0.29) is 11.9 Å². The van der Waals surface area contributed by atoms with E-state index in [1.54, 1.807) is 17.6 Å². The van der Waals surface area contributed by atoms with Crippen molar-refractivity contribution in [1.29, 1.82) is 0 Å². The van der Waals surface area contributed by atoms with Gasteiger partial charge in [-0.15, -0.1) is 0 Å². The van der Waals surface area contributed by atoms with Crippen LogP contribution in [-0.2, 0) is 0 Å². The van der Waals surface area contributed by atoms with Gasteiger partial charge in [0.05, 0.1) is 6.20 Å². The SMILES string of the molecule is CNc1cc(Cl)nc2c(C(=O)NC3CCC3)cnn12. The summed E-state index contributed by atoms with van der Waals surface area (Å²) >= 11 is 5.96. The summed E-state index contributed by atoms with van der Waals surface area (Å²) < 4.78 is 1.57. The van der Waals surface area contributed by atoms with Crippen LogP contribution in [0.1, 0.15) is 29.6 Å². The van der Waals surface area contributed by atoms with Crippen LogP contribution in [0.4, 0.5) is 5.82 Å². The van der Waals surface area contributed by atoms with Gasteiger partial charge < -0.3 is 10.6 Å². The molecule has 1 fully saturated rings. The number of amides is 1. The molecule has 2 aromatic heterocycles. The molecule has 0 bridgehead atoms. The van der Waals surface area contributed by atoms with E-state index in [9.17, 15) is 4.79 Å². The van der Waals surface area contributed by atoms with Crippen molar-refractivity contribution < 1.29 is 4.79 Å². The standard InChI is InChI=1S/C12H14ClN5O/c1-14-10-5-9(13)17-11-8(6-15-18(10)11)12(19)16-7-3-2-4-7/h5-7,14H,2-4H2,1H3,(H,16,19). The van der Waals surface area contributed by atoms with E-state index in [2.05, 4.69) is 20.7 Å². The zero-order chi connectivity index (χ0) is 13.4. The van der Waals surface area contributed by atoms with Gasteiger partial charge in [-0.2, -0.15) is 9.61 Å². The predicted molar refractivity (Wildman–Crippen MR) is 72.6 cm³/mol. The maximum Gasteiger partial charge on any atom is 0.256 e. The number of hydrogen-bond donors (Lipinski definition) is 2. The minimum absolute atomic E-state index is 0.142. The van der Waals surface area contributed by atoms with Crippen LogP contribution < -0.4 is 10.6 Å². The average molecular weight is 280 g/mol. The van der Waals surface area contributed by atoms with Crippen molar-refractivity contribution >= 4 is 29.0 Å². The van der Waals surface area contributed by atoms with Crippen molar-refractivity contribution in [3.63, 3.8) is 0 Å². The molecule has 19 heavy (non-hydrogen) atoms. The first-order valence-electron chi connectivity index (χ1n) is 6.22. The lowest BCUT2D eigenvalue weighted by Crippen LogP contribution is -2.39. The van der Waals surface area contributed by atoms with E-state index >= 15 is 0 Å². The number of carbonyl (C=O) groups excluding carboxylic acids is 1. The third-order valence-corrected chi connectivity index (χ3v) is 3.58. The summed E-state index contributed by atoms with van der Waals surface area (Å²) in [7, 11) is 1.76. The molecule has 6 nitrogen and oxygen atoms in total. The van der Waals surface area contributed by atoms with Crippen LogP contribution >= 0.6 is 11.6 Å². The topological polar surface area (TPSA) is 71.3 Å². The summed E-state index contributed by atoms with van der Waals surface area (Å²) in [5.41, 5.74) is 0.916. The fraction of sp³-hybridized carbons (Fsp3) is 0.417. The third kappa shape index (κ3) is 2.12. The molecule has 2 aromatic rings. The summed E-state index contributed by atoms with van der Waals surface area (Å²) in [6.07, 6.45) is 4.78. The van der Waals surface area contributed by atoms with E-state index in [1.165, 1.54) is 12.6 Å². The molecule has 1 amide bonds. The maximum atomic E-state index is 12.2. The van der Waals surface area contributed by atoms with Crippen LogP contribution in [0.25, 0.3) is 5.65 Å². The molecule has 0 unspecified atom stereocenters. The van der Waals surface area contributed by atoms with Gasteiger partial charge in [-0.05, 0) is 19.3 Å². The van der Waals surface area contributed by atoms with Crippen molar-refractivity contribution in [2.24, 2.45) is 0 Å². The second kappa shape index (κ2) is 4.70. The van der Waals surface area contributed by atoms with Crippen LogP contribution in [0, 0.1) is 0 Å². The molecule has 7 heteroatoms. The largest absolute Gasteiger partial charge is 0.373 e. The van der Waals surface area contributed by atoms with Crippen LogP contribution in [0.15, 0.2) is 12.3 Å². The molecule has 0 radical (unpaired) electrons. The highest BCUT2D eigenvalue weighted by Gasteiger charge is 2.23. The second-order valence-electron chi connectivity index (χ2n) is 4.61. The number of halogens is 1. The van der Waals surface area contributed by atoms with Crippen molar-refractivity contribution in [2.75, 3.05) is 12.4 Å². The molecule has 1 saturated carbocycles. The lowest BCUT2D eigenvalue weighted by Gasteiger charge is -2.26. The first-order chi connectivity index (χ1) is 9.19. The molecule has 0 saturated heterocycles. The van der Waals surface area contributed by atoms with Crippen LogP contribution in [-0.4, -0.2) is 33.6 Å². The summed E-state index contributed by atoms with van der Waals surface area (Å²) in [4.78, 5) is 16.3. The Kier molecular flexibility index (Phi) is 3.02. The highest BCUT2D eigenvalue weighted by Crippen LogP contribution is 2.21. The van der Waals surface area contributed by atoms with Gasteiger partial charge in [0.15, 0.2) is 5.65 Å². The third-order valence-electron chi connectivity index (χ3n) is 3.38. The summed E-state index contributed by atoms with van der Waals surface area (Å²) in [5, 5.41) is 10.4. The normalized spacial score (nSPS) is 15.3. The Labute approximate surface area is 115 Å². The van der Waals surface area contributed by atoms with Gasteiger partial charge in [0, 0.05) is 19.2 Å². The summed E-state index contributed by atoms with van der Waals surface area (Å²) in [6.45, 7) is 0. The molecule has 0 spiro atoms. The molecule has 1 aliphatic rings. The minimum Gasteiger partial charge on any atom is -0.373 e. The molecule has 0 aliphatic heterocycles. The first-order valence-corrected chi connectivity index (χ1v) is 6.59. The summed E-state index contributed by atoms with van der Waals surface area (Å²) in [6, 6.07) is 1.94. The number of rotatable bonds is 3. The lowest BCUT2D eigenvalue weighted by molar-refractivity contribution is 0.0918. The lowest BCUT2D eigenvalue weighted by atomic mass is 9.93. The van der Waals surface area contributed by atoms with Gasteiger partial charge in [0.1, 0.15) is 16.5 Å². The summed E-state index contributed by atoms with van der Waals surface area (Å²) in [5.74, 6) is 0.550. The van der Waals surface area contributed by atoms with E-state index in [0.717, 1.165) is 12.8 Å². The van der Waals surface area contributed by atoms with Gasteiger partial charge in [-0.3, -0.25) is 4.79 Å². The minimum atomic E-state index is -0.142. The number of aromatic nitrogens is 3. The molecular formula is C12H14ClN5O. The molecule has 0 aromatic carbocycles. The number of anilines is 1. The van der Waals surface area contributed by atoms with Crippen molar-refractivity contribution in [3.05, 3.63) is 23.0 Å². The molecular weight excluding hydrogens is 266 g/mol. The monoisotopic (exact) mass is 279 g/mol. The number of fused-ring (bicyclic) bond motifs is 1. The van der Waals surface area contributed by atoms with E-state index in [4.69, 9.17) is 11.6 Å². The number of hydrogen-bond acceptors (Lipinski definition) is 4. The smallest absolute Gasteiger partial charge is 0.256 e. The fourth-order valence-corrected chi connectivity index (χ4v) is 2.27. The van der Waals surface area contributed by atoms with Crippen LogP contribution in [0.3, 0.4) is 0 Å². The van der Waals surface area contributed by atoms with Gasteiger partial charge in [-0.25, -0.2) is 4.98 Å². The van der Waals surface area contributed by atoms with Crippen LogP contribution in [0.5, 0.6) is 0 Å². The van der Waals surface area contributed by atoms with Gasteiger partial charge >= 0.3 is 0 Å². The molecule has 1 aliphatic carbocycles. The first kappa shape index (κ1) is 12.2. The number of nitrogens with zero attached hydrogens (tertiary/aromatic N) is 3. The number of nitrogens with one attached hydrogen (secondary N) is 2. The second-order valence-corrected chi connectivity index (χ2v) is 5.00. The van der Waals surface area contributed by atoms with E-state index in [0.29, 0.717) is 22.2 Å². The Morgan fingerprint density at radius 2 is 2.32 bits per heavy atom. The molecule has 2 N–H and O–H groups in total. The molecule has 0 atom stereocenters. The molecule has 2 heterocycles. The Hall–Kier alpha value is -1.82. The van der Waals surface area contributed by atoms with E-state index < -0.39 is 0 Å². The maximum absolute atomic E-state index is 12.2. The zero-order valence-electron chi connectivity index (χ0n) is 10.5. The van der Waals surface area contributed by atoms with Gasteiger partial charge in [-0.1, -0.05) is 11.6 Å². The molecule has 3 rings (SSSR count). The average Bonchev–Trinajstić information content (AvgIpc) is 2.76. The van der Waals surface area contributed by atoms with Crippen LogP contribution in [0.2, 0.25) is 5.15 Å². The quantitative estimate of drug-likeness (QED) is 0.839. The Morgan fingerprint density at radius 1 is 1.53 bits per heavy atom. The highest BCUT2D eigenvalue weighted by atomic mass is 35.5. The predicted octanol–water partition coefficient (Wildman–Crippen LogP) is 1.71. The number of carbonyl (C=O) groups is 1. The van der Waals surface area contributed by atoms with Crippen molar-refractivity contribution in [2.45, 2.75) is 25.3 Å². The van der Waals surface area contributed by atoms with Crippen molar-refractivity contribution in [3.8, 4) is 0 Å². The Morgan fingerprint density at radius 3 is 2.95 bits per heavy atom. The Bertz CT molecular complexity index is 634. The van der Waals surface area contributed by atoms with Crippen molar-refractivity contribution in [1.82, 2.24) is 19.9 Å². The van der Waals surface area contributed by atoms with Gasteiger partial charge in [0.2, 0.25) is 0 Å². The molecule has 100 valence electrons.